The molecule has 0 aromatic heterocycles. The van der Waals surface area contributed by atoms with Crippen LogP contribution in [-0.4, -0.2) is 26.7 Å². The molecule has 1 aliphatic rings. The SMILES string of the molecule is CNCC(c1ccccc1)N1CCCOc2ccccc21. The summed E-state index contributed by atoms with van der Waals surface area (Å²) in [4.78, 5) is 2.47. The highest BCUT2D eigenvalue weighted by atomic mass is 16.5. The Morgan fingerprint density at radius 2 is 1.86 bits per heavy atom. The van der Waals surface area contributed by atoms with Crippen molar-refractivity contribution >= 4 is 5.69 Å². The molecule has 110 valence electrons. The Hall–Kier alpha value is -2.00. The third-order valence-corrected chi connectivity index (χ3v) is 3.93. The number of rotatable bonds is 4. The van der Waals surface area contributed by atoms with Gasteiger partial charge in [-0.1, -0.05) is 42.5 Å². The molecule has 3 heteroatoms. The van der Waals surface area contributed by atoms with E-state index in [1.807, 2.05) is 13.1 Å². The molecule has 1 heterocycles. The van der Waals surface area contributed by atoms with E-state index in [0.29, 0.717) is 6.04 Å². The van der Waals surface area contributed by atoms with Crippen LogP contribution >= 0.6 is 0 Å². The summed E-state index contributed by atoms with van der Waals surface area (Å²) in [6.45, 7) is 2.71. The Kier molecular flexibility index (Phi) is 4.41. The molecule has 0 saturated carbocycles. The number of fused-ring (bicyclic) bond motifs is 1. The Labute approximate surface area is 126 Å². The highest BCUT2D eigenvalue weighted by molar-refractivity contribution is 5.60. The van der Waals surface area contributed by atoms with Gasteiger partial charge in [-0.05, 0) is 31.2 Å². The van der Waals surface area contributed by atoms with Gasteiger partial charge in [0.1, 0.15) is 5.75 Å². The number of para-hydroxylation sites is 2. The molecule has 0 saturated heterocycles. The summed E-state index contributed by atoms with van der Waals surface area (Å²) in [6, 6.07) is 19.4. The summed E-state index contributed by atoms with van der Waals surface area (Å²) in [6.07, 6.45) is 1.04. The molecule has 2 aromatic rings. The van der Waals surface area contributed by atoms with E-state index >= 15 is 0 Å². The molecule has 1 N–H and O–H groups in total. The van der Waals surface area contributed by atoms with Crippen LogP contribution in [0.5, 0.6) is 5.75 Å². The maximum absolute atomic E-state index is 5.88. The standard InChI is InChI=1S/C18H22N2O/c1-19-14-17(15-8-3-2-4-9-15)20-12-7-13-21-18-11-6-5-10-16(18)20/h2-6,8-11,17,19H,7,12-14H2,1H3. The molecule has 1 unspecified atom stereocenters. The third kappa shape index (κ3) is 3.03. The number of hydrogen-bond donors (Lipinski definition) is 1. The zero-order valence-electron chi connectivity index (χ0n) is 12.5. The maximum atomic E-state index is 5.88. The van der Waals surface area contributed by atoms with Gasteiger partial charge in [-0.3, -0.25) is 0 Å². The van der Waals surface area contributed by atoms with Crippen LogP contribution in [0.3, 0.4) is 0 Å². The van der Waals surface area contributed by atoms with Gasteiger partial charge in [0.25, 0.3) is 0 Å². The van der Waals surface area contributed by atoms with Crippen molar-refractivity contribution in [1.29, 1.82) is 0 Å². The first kappa shape index (κ1) is 14.0. The van der Waals surface area contributed by atoms with Crippen molar-refractivity contribution in [2.45, 2.75) is 12.5 Å². The van der Waals surface area contributed by atoms with E-state index in [1.165, 1.54) is 11.3 Å². The second-order valence-corrected chi connectivity index (χ2v) is 5.35. The maximum Gasteiger partial charge on any atom is 0.142 e. The van der Waals surface area contributed by atoms with Gasteiger partial charge in [0.15, 0.2) is 0 Å². The average Bonchev–Trinajstić information content (AvgIpc) is 2.76. The zero-order chi connectivity index (χ0) is 14.5. The smallest absolute Gasteiger partial charge is 0.142 e. The second-order valence-electron chi connectivity index (χ2n) is 5.35. The lowest BCUT2D eigenvalue weighted by Crippen LogP contribution is -2.35. The first-order valence-electron chi connectivity index (χ1n) is 7.58. The Morgan fingerprint density at radius 3 is 2.67 bits per heavy atom. The molecular weight excluding hydrogens is 260 g/mol. The van der Waals surface area contributed by atoms with Crippen molar-refractivity contribution in [3.05, 3.63) is 60.2 Å². The van der Waals surface area contributed by atoms with E-state index in [1.54, 1.807) is 0 Å². The van der Waals surface area contributed by atoms with E-state index in [-0.39, 0.29) is 0 Å². The molecule has 21 heavy (non-hydrogen) atoms. The summed E-state index contributed by atoms with van der Waals surface area (Å²) < 4.78 is 5.88. The second kappa shape index (κ2) is 6.64. The minimum absolute atomic E-state index is 0.319. The van der Waals surface area contributed by atoms with Crippen molar-refractivity contribution in [2.75, 3.05) is 31.6 Å². The van der Waals surface area contributed by atoms with Gasteiger partial charge >= 0.3 is 0 Å². The van der Waals surface area contributed by atoms with Crippen LogP contribution in [0.15, 0.2) is 54.6 Å². The number of benzene rings is 2. The summed E-state index contributed by atoms with van der Waals surface area (Å²) in [5, 5.41) is 3.33. The summed E-state index contributed by atoms with van der Waals surface area (Å²) in [7, 11) is 2.01. The van der Waals surface area contributed by atoms with Crippen molar-refractivity contribution in [3.63, 3.8) is 0 Å². The van der Waals surface area contributed by atoms with Crippen LogP contribution in [-0.2, 0) is 0 Å². The Morgan fingerprint density at radius 1 is 1.10 bits per heavy atom. The topological polar surface area (TPSA) is 24.5 Å². The van der Waals surface area contributed by atoms with Gasteiger partial charge in [0.05, 0.1) is 18.3 Å². The Bertz CT molecular complexity index is 570. The highest BCUT2D eigenvalue weighted by Crippen LogP contribution is 2.36. The summed E-state index contributed by atoms with van der Waals surface area (Å²) in [5.74, 6) is 0.993. The normalized spacial score (nSPS) is 15.8. The minimum atomic E-state index is 0.319. The van der Waals surface area contributed by atoms with Crippen molar-refractivity contribution < 1.29 is 4.74 Å². The number of hydrogen-bond acceptors (Lipinski definition) is 3. The molecule has 0 aliphatic carbocycles. The van der Waals surface area contributed by atoms with Crippen molar-refractivity contribution in [3.8, 4) is 5.75 Å². The Balaban J connectivity index is 1.99. The molecule has 0 spiro atoms. The molecule has 0 radical (unpaired) electrons. The highest BCUT2D eigenvalue weighted by Gasteiger charge is 2.24. The van der Waals surface area contributed by atoms with E-state index in [4.69, 9.17) is 4.74 Å². The molecule has 1 atom stereocenters. The van der Waals surface area contributed by atoms with E-state index in [9.17, 15) is 0 Å². The lowest BCUT2D eigenvalue weighted by atomic mass is 10.0. The molecule has 1 aliphatic heterocycles. The molecule has 2 aromatic carbocycles. The molecule has 3 nitrogen and oxygen atoms in total. The van der Waals surface area contributed by atoms with Crippen molar-refractivity contribution in [2.24, 2.45) is 0 Å². The van der Waals surface area contributed by atoms with Crippen molar-refractivity contribution in [1.82, 2.24) is 5.32 Å². The first-order valence-corrected chi connectivity index (χ1v) is 7.58. The van der Waals surface area contributed by atoms with Gasteiger partial charge < -0.3 is 15.0 Å². The van der Waals surface area contributed by atoms with Crippen LogP contribution in [0.25, 0.3) is 0 Å². The first-order chi connectivity index (χ1) is 10.4. The summed E-state index contributed by atoms with van der Waals surface area (Å²) in [5.41, 5.74) is 2.53. The lowest BCUT2D eigenvalue weighted by Gasteiger charge is -2.33. The number of anilines is 1. The number of ether oxygens (including phenoxy) is 1. The number of likely N-dealkylation sites (N-methyl/N-ethyl adjacent to an activating group) is 1. The largest absolute Gasteiger partial charge is 0.491 e. The van der Waals surface area contributed by atoms with Gasteiger partial charge in [-0.25, -0.2) is 0 Å². The fourth-order valence-corrected chi connectivity index (χ4v) is 2.95. The minimum Gasteiger partial charge on any atom is -0.491 e. The van der Waals surface area contributed by atoms with Crippen LogP contribution in [0.1, 0.15) is 18.0 Å². The van der Waals surface area contributed by atoms with E-state index in [0.717, 1.165) is 31.9 Å². The van der Waals surface area contributed by atoms with Gasteiger partial charge in [-0.15, -0.1) is 0 Å². The number of nitrogens with zero attached hydrogens (tertiary/aromatic N) is 1. The molecule has 3 rings (SSSR count). The molecule has 0 fully saturated rings. The fraction of sp³-hybridized carbons (Fsp3) is 0.333. The lowest BCUT2D eigenvalue weighted by molar-refractivity contribution is 0.322. The predicted octanol–water partition coefficient (Wildman–Crippen LogP) is 3.24. The number of nitrogens with one attached hydrogen (secondary N) is 1. The van der Waals surface area contributed by atoms with Crippen LogP contribution in [0, 0.1) is 0 Å². The quantitative estimate of drug-likeness (QED) is 0.931. The summed E-state index contributed by atoms with van der Waals surface area (Å²) >= 11 is 0. The van der Waals surface area contributed by atoms with E-state index in [2.05, 4.69) is 58.7 Å². The van der Waals surface area contributed by atoms with Crippen LogP contribution in [0.2, 0.25) is 0 Å². The third-order valence-electron chi connectivity index (χ3n) is 3.93. The fourth-order valence-electron chi connectivity index (χ4n) is 2.95. The van der Waals surface area contributed by atoms with E-state index < -0.39 is 0 Å². The van der Waals surface area contributed by atoms with Crippen LogP contribution in [0.4, 0.5) is 5.69 Å². The molecular formula is C18H22N2O. The zero-order valence-corrected chi connectivity index (χ0v) is 12.5. The van der Waals surface area contributed by atoms with Gasteiger partial charge in [0.2, 0.25) is 0 Å². The molecule has 0 bridgehead atoms. The van der Waals surface area contributed by atoms with Crippen LogP contribution < -0.4 is 15.0 Å². The van der Waals surface area contributed by atoms with Gasteiger partial charge in [-0.2, -0.15) is 0 Å². The predicted molar refractivity (Wildman–Crippen MR) is 87.0 cm³/mol. The average molecular weight is 282 g/mol. The monoisotopic (exact) mass is 282 g/mol. The molecule has 0 amide bonds. The van der Waals surface area contributed by atoms with Gasteiger partial charge in [0, 0.05) is 13.1 Å².